The van der Waals surface area contributed by atoms with Gasteiger partial charge in [0.15, 0.2) is 0 Å². The van der Waals surface area contributed by atoms with Gasteiger partial charge in [0.25, 0.3) is 0 Å². The van der Waals surface area contributed by atoms with Crippen LogP contribution >= 0.6 is 0 Å². The summed E-state index contributed by atoms with van der Waals surface area (Å²) in [6.07, 6.45) is 5.40. The predicted molar refractivity (Wildman–Crippen MR) is 35.2 cm³/mol. The summed E-state index contributed by atoms with van der Waals surface area (Å²) >= 11 is 0. The molecule has 1 rings (SSSR count). The van der Waals surface area contributed by atoms with Crippen molar-refractivity contribution in [3.63, 3.8) is 0 Å². The summed E-state index contributed by atoms with van der Waals surface area (Å²) in [5, 5.41) is 8.52. The van der Waals surface area contributed by atoms with Crippen LogP contribution in [-0.2, 0) is 4.89 Å². The van der Waals surface area contributed by atoms with Gasteiger partial charge in [-0.2, -0.15) is 0 Å². The summed E-state index contributed by atoms with van der Waals surface area (Å²) < 4.78 is 0. The fourth-order valence-electron chi connectivity index (χ4n) is 1.53. The zero-order chi connectivity index (χ0) is 6.74. The first kappa shape index (κ1) is 7.03. The molecule has 1 aliphatic rings. The van der Waals surface area contributed by atoms with Gasteiger partial charge >= 0.3 is 0 Å². The molecule has 2 heteroatoms. The molecular weight excluding hydrogens is 116 g/mol. The van der Waals surface area contributed by atoms with Crippen LogP contribution in [-0.4, -0.2) is 10.9 Å². The second kappa shape index (κ2) is 2.67. The molecule has 0 aromatic heterocycles. The van der Waals surface area contributed by atoms with Crippen molar-refractivity contribution >= 4 is 0 Å². The van der Waals surface area contributed by atoms with E-state index in [-0.39, 0.29) is 5.60 Å². The van der Waals surface area contributed by atoms with Gasteiger partial charge in [0, 0.05) is 0 Å². The molecule has 0 bridgehead atoms. The smallest absolute Gasteiger partial charge is 0.103 e. The molecule has 0 aromatic carbocycles. The molecule has 2 nitrogen and oxygen atoms in total. The lowest BCUT2D eigenvalue weighted by molar-refractivity contribution is -0.322. The van der Waals surface area contributed by atoms with Gasteiger partial charge in [-0.05, 0) is 19.3 Å². The van der Waals surface area contributed by atoms with Crippen LogP contribution in [0.4, 0.5) is 0 Å². The van der Waals surface area contributed by atoms with Crippen molar-refractivity contribution in [1.29, 1.82) is 0 Å². The lowest BCUT2D eigenvalue weighted by Gasteiger charge is -2.22. The van der Waals surface area contributed by atoms with Gasteiger partial charge in [-0.1, -0.05) is 19.8 Å². The third kappa shape index (κ3) is 1.25. The second-order valence-electron chi connectivity index (χ2n) is 2.83. The fourth-order valence-corrected chi connectivity index (χ4v) is 1.53. The van der Waals surface area contributed by atoms with Crippen LogP contribution in [0.2, 0.25) is 0 Å². The van der Waals surface area contributed by atoms with Crippen LogP contribution < -0.4 is 0 Å². The largest absolute Gasteiger partial charge is 0.251 e. The highest BCUT2D eigenvalue weighted by Gasteiger charge is 2.33. The fraction of sp³-hybridized carbons (Fsp3) is 1.00. The molecule has 1 fully saturated rings. The molecule has 0 atom stereocenters. The van der Waals surface area contributed by atoms with Crippen LogP contribution in [0, 0.1) is 0 Å². The minimum Gasteiger partial charge on any atom is -0.251 e. The summed E-state index contributed by atoms with van der Waals surface area (Å²) in [7, 11) is 0. The highest BCUT2D eigenvalue weighted by molar-refractivity contribution is 4.83. The van der Waals surface area contributed by atoms with Gasteiger partial charge < -0.3 is 0 Å². The lowest BCUT2D eigenvalue weighted by Crippen LogP contribution is -2.25. The molecule has 0 unspecified atom stereocenters. The van der Waals surface area contributed by atoms with Crippen LogP contribution in [0.3, 0.4) is 0 Å². The number of hydrogen-bond donors (Lipinski definition) is 1. The quantitative estimate of drug-likeness (QED) is 0.458. The third-order valence-electron chi connectivity index (χ3n) is 2.35. The molecular formula is C7H14O2. The topological polar surface area (TPSA) is 29.5 Å². The Bertz CT molecular complexity index is 78.9. The monoisotopic (exact) mass is 130 g/mol. The first-order valence-electron chi connectivity index (χ1n) is 3.65. The summed E-state index contributed by atoms with van der Waals surface area (Å²) in [6, 6.07) is 0. The molecule has 54 valence electrons. The molecule has 0 aromatic rings. The molecule has 1 saturated carbocycles. The van der Waals surface area contributed by atoms with E-state index in [1.807, 2.05) is 0 Å². The van der Waals surface area contributed by atoms with Crippen molar-refractivity contribution in [3.8, 4) is 0 Å². The van der Waals surface area contributed by atoms with Crippen LogP contribution in [0.1, 0.15) is 39.0 Å². The Labute approximate surface area is 55.8 Å². The van der Waals surface area contributed by atoms with Gasteiger partial charge in [0.1, 0.15) is 5.60 Å². The maximum atomic E-state index is 8.52. The summed E-state index contributed by atoms with van der Waals surface area (Å²) in [6.45, 7) is 2.06. The minimum atomic E-state index is -0.167. The van der Waals surface area contributed by atoms with E-state index in [1.165, 1.54) is 12.8 Å². The Balaban J connectivity index is 2.45. The first-order chi connectivity index (χ1) is 4.33. The molecule has 0 heterocycles. The van der Waals surface area contributed by atoms with E-state index in [1.54, 1.807) is 0 Å². The molecule has 0 radical (unpaired) electrons. The minimum absolute atomic E-state index is 0.167. The maximum Gasteiger partial charge on any atom is 0.103 e. The summed E-state index contributed by atoms with van der Waals surface area (Å²) in [5.41, 5.74) is -0.167. The van der Waals surface area contributed by atoms with E-state index in [4.69, 9.17) is 5.26 Å². The van der Waals surface area contributed by atoms with E-state index in [2.05, 4.69) is 11.8 Å². The SMILES string of the molecule is CCC1(OO)CCCC1. The van der Waals surface area contributed by atoms with Gasteiger partial charge in [0.2, 0.25) is 0 Å². The van der Waals surface area contributed by atoms with Crippen molar-refractivity contribution in [2.24, 2.45) is 0 Å². The van der Waals surface area contributed by atoms with Gasteiger partial charge in [-0.15, -0.1) is 0 Å². The van der Waals surface area contributed by atoms with E-state index in [0.717, 1.165) is 19.3 Å². The number of rotatable bonds is 2. The Morgan fingerprint density at radius 3 is 2.22 bits per heavy atom. The first-order valence-corrected chi connectivity index (χ1v) is 3.65. The van der Waals surface area contributed by atoms with E-state index < -0.39 is 0 Å². The highest BCUT2D eigenvalue weighted by atomic mass is 17.1. The van der Waals surface area contributed by atoms with Gasteiger partial charge in [0.05, 0.1) is 0 Å². The normalized spacial score (nSPS) is 24.7. The van der Waals surface area contributed by atoms with Crippen molar-refractivity contribution < 1.29 is 10.1 Å². The second-order valence-corrected chi connectivity index (χ2v) is 2.83. The Morgan fingerprint density at radius 1 is 1.44 bits per heavy atom. The van der Waals surface area contributed by atoms with E-state index in [0.29, 0.717) is 0 Å². The van der Waals surface area contributed by atoms with Crippen molar-refractivity contribution in [2.45, 2.75) is 44.6 Å². The van der Waals surface area contributed by atoms with Crippen molar-refractivity contribution in [3.05, 3.63) is 0 Å². The Morgan fingerprint density at radius 2 is 2.00 bits per heavy atom. The standard InChI is InChI=1S/C7H14O2/c1-2-7(9-8)5-3-4-6-7/h8H,2-6H2,1H3. The molecule has 0 saturated heterocycles. The van der Waals surface area contributed by atoms with E-state index in [9.17, 15) is 0 Å². The van der Waals surface area contributed by atoms with Crippen LogP contribution in [0.25, 0.3) is 0 Å². The predicted octanol–water partition coefficient (Wildman–Crippen LogP) is 2.20. The van der Waals surface area contributed by atoms with E-state index >= 15 is 0 Å². The number of hydrogen-bond acceptors (Lipinski definition) is 2. The van der Waals surface area contributed by atoms with Gasteiger partial charge in [-0.25, -0.2) is 4.89 Å². The Kier molecular flexibility index (Phi) is 2.09. The molecule has 0 amide bonds. The Hall–Kier alpha value is -0.0800. The summed E-state index contributed by atoms with van der Waals surface area (Å²) in [5.74, 6) is 0. The molecule has 1 N–H and O–H groups in total. The van der Waals surface area contributed by atoms with Crippen molar-refractivity contribution in [2.75, 3.05) is 0 Å². The zero-order valence-corrected chi connectivity index (χ0v) is 5.89. The average molecular weight is 130 g/mol. The molecule has 1 aliphatic carbocycles. The lowest BCUT2D eigenvalue weighted by atomic mass is 10.00. The molecule has 0 spiro atoms. The van der Waals surface area contributed by atoms with Crippen molar-refractivity contribution in [1.82, 2.24) is 0 Å². The average Bonchev–Trinajstić information content (AvgIpc) is 2.36. The highest BCUT2D eigenvalue weighted by Crippen LogP contribution is 2.34. The maximum absolute atomic E-state index is 8.52. The summed E-state index contributed by atoms with van der Waals surface area (Å²) in [4.78, 5) is 4.45. The zero-order valence-electron chi connectivity index (χ0n) is 5.89. The molecule has 9 heavy (non-hydrogen) atoms. The van der Waals surface area contributed by atoms with Crippen LogP contribution in [0.15, 0.2) is 0 Å². The molecule has 0 aliphatic heterocycles. The third-order valence-corrected chi connectivity index (χ3v) is 2.35. The van der Waals surface area contributed by atoms with Gasteiger partial charge in [-0.3, -0.25) is 5.26 Å². The van der Waals surface area contributed by atoms with Crippen LogP contribution in [0.5, 0.6) is 0 Å².